The lowest BCUT2D eigenvalue weighted by atomic mass is 10.00. The zero-order chi connectivity index (χ0) is 10.7. The number of hydrogen-bond acceptors (Lipinski definition) is 2. The third-order valence-electron chi connectivity index (χ3n) is 2.48. The predicted octanol–water partition coefficient (Wildman–Crippen LogP) is 2.99. The number of aryl methyl sites for hydroxylation is 1. The Morgan fingerprint density at radius 3 is 2.43 bits per heavy atom. The molecule has 0 saturated carbocycles. The topological polar surface area (TPSA) is 40.5 Å². The molecule has 2 N–H and O–H groups in total. The van der Waals surface area contributed by atoms with Crippen LogP contribution in [0.25, 0.3) is 0 Å². The highest BCUT2D eigenvalue weighted by Gasteiger charge is 2.08. The largest absolute Gasteiger partial charge is 0.508 e. The fourth-order valence-electron chi connectivity index (χ4n) is 1.39. The number of aromatic hydroxyl groups is 2. The smallest absolute Gasteiger partial charge is 0.125 e. The second kappa shape index (κ2) is 4.36. The molecule has 0 aromatic heterocycles. The molecule has 0 unspecified atom stereocenters. The van der Waals surface area contributed by atoms with Gasteiger partial charge in [0.25, 0.3) is 0 Å². The lowest BCUT2D eigenvalue weighted by Crippen LogP contribution is -1.93. The quantitative estimate of drug-likeness (QED) is 0.776. The van der Waals surface area contributed by atoms with Crippen molar-refractivity contribution in [2.24, 2.45) is 5.92 Å². The molecular formula is C12H18O2. The summed E-state index contributed by atoms with van der Waals surface area (Å²) in [7, 11) is 0. The van der Waals surface area contributed by atoms with E-state index in [1.54, 1.807) is 19.1 Å². The van der Waals surface area contributed by atoms with Crippen molar-refractivity contribution in [1.82, 2.24) is 0 Å². The van der Waals surface area contributed by atoms with Crippen molar-refractivity contribution in [3.63, 3.8) is 0 Å². The Bertz CT molecular complexity index is 316. The van der Waals surface area contributed by atoms with Crippen molar-refractivity contribution in [2.45, 2.75) is 33.6 Å². The van der Waals surface area contributed by atoms with Gasteiger partial charge in [-0.1, -0.05) is 19.9 Å². The minimum Gasteiger partial charge on any atom is -0.508 e. The van der Waals surface area contributed by atoms with Crippen LogP contribution in [0.15, 0.2) is 12.1 Å². The summed E-state index contributed by atoms with van der Waals surface area (Å²) < 4.78 is 0. The van der Waals surface area contributed by atoms with Crippen molar-refractivity contribution >= 4 is 0 Å². The average molecular weight is 194 g/mol. The highest BCUT2D eigenvalue weighted by molar-refractivity contribution is 5.47. The Labute approximate surface area is 85.2 Å². The third kappa shape index (κ3) is 2.41. The molecule has 78 valence electrons. The Balaban J connectivity index is 2.83. The summed E-state index contributed by atoms with van der Waals surface area (Å²) in [6.45, 7) is 6.04. The van der Waals surface area contributed by atoms with Crippen LogP contribution in [-0.4, -0.2) is 10.2 Å². The Morgan fingerprint density at radius 1 is 1.21 bits per heavy atom. The van der Waals surface area contributed by atoms with Crippen LogP contribution in [0, 0.1) is 12.8 Å². The molecule has 14 heavy (non-hydrogen) atoms. The van der Waals surface area contributed by atoms with Crippen LogP contribution in [0.2, 0.25) is 0 Å². The van der Waals surface area contributed by atoms with E-state index in [-0.39, 0.29) is 11.5 Å². The molecule has 0 aliphatic heterocycles. The van der Waals surface area contributed by atoms with Gasteiger partial charge in [-0.15, -0.1) is 0 Å². The summed E-state index contributed by atoms with van der Waals surface area (Å²) in [5.74, 6) is 1.03. The van der Waals surface area contributed by atoms with Crippen LogP contribution in [0.5, 0.6) is 11.5 Å². The van der Waals surface area contributed by atoms with Gasteiger partial charge >= 0.3 is 0 Å². The van der Waals surface area contributed by atoms with Gasteiger partial charge in [-0.05, 0) is 37.3 Å². The lowest BCUT2D eigenvalue weighted by molar-refractivity contribution is 0.436. The Kier molecular flexibility index (Phi) is 3.39. The lowest BCUT2D eigenvalue weighted by Gasteiger charge is -2.09. The van der Waals surface area contributed by atoms with Crippen molar-refractivity contribution in [1.29, 1.82) is 0 Å². The summed E-state index contributed by atoms with van der Waals surface area (Å²) in [4.78, 5) is 0. The first-order valence-corrected chi connectivity index (χ1v) is 5.02. The van der Waals surface area contributed by atoms with Crippen molar-refractivity contribution < 1.29 is 10.2 Å². The third-order valence-corrected chi connectivity index (χ3v) is 2.48. The first-order chi connectivity index (χ1) is 6.52. The van der Waals surface area contributed by atoms with Gasteiger partial charge in [0.1, 0.15) is 11.5 Å². The molecule has 0 aliphatic carbocycles. The van der Waals surface area contributed by atoms with E-state index in [0.29, 0.717) is 11.5 Å². The Hall–Kier alpha value is -1.18. The van der Waals surface area contributed by atoms with Crippen LogP contribution in [0.4, 0.5) is 0 Å². The van der Waals surface area contributed by atoms with E-state index in [4.69, 9.17) is 0 Å². The normalized spacial score (nSPS) is 10.9. The highest BCUT2D eigenvalue weighted by Crippen LogP contribution is 2.30. The molecule has 2 heteroatoms. The molecule has 0 heterocycles. The molecule has 0 aliphatic rings. The summed E-state index contributed by atoms with van der Waals surface area (Å²) in [5, 5.41) is 19.1. The second-order valence-corrected chi connectivity index (χ2v) is 4.15. The van der Waals surface area contributed by atoms with Crippen LogP contribution < -0.4 is 0 Å². The van der Waals surface area contributed by atoms with Gasteiger partial charge in [0.15, 0.2) is 0 Å². The van der Waals surface area contributed by atoms with E-state index in [2.05, 4.69) is 13.8 Å². The van der Waals surface area contributed by atoms with E-state index in [9.17, 15) is 10.2 Å². The SMILES string of the molecule is Cc1c(O)ccc(CCC(C)C)c1O. The monoisotopic (exact) mass is 194 g/mol. The maximum atomic E-state index is 9.73. The average Bonchev–Trinajstić information content (AvgIpc) is 2.13. The van der Waals surface area contributed by atoms with Gasteiger partial charge in [0.2, 0.25) is 0 Å². The summed E-state index contributed by atoms with van der Waals surface area (Å²) >= 11 is 0. The van der Waals surface area contributed by atoms with E-state index in [1.165, 1.54) is 0 Å². The van der Waals surface area contributed by atoms with E-state index < -0.39 is 0 Å². The van der Waals surface area contributed by atoms with Crippen LogP contribution in [0.3, 0.4) is 0 Å². The van der Waals surface area contributed by atoms with E-state index >= 15 is 0 Å². The fraction of sp³-hybridized carbons (Fsp3) is 0.500. The molecule has 0 fully saturated rings. The Morgan fingerprint density at radius 2 is 1.86 bits per heavy atom. The maximum absolute atomic E-state index is 9.73. The van der Waals surface area contributed by atoms with E-state index in [0.717, 1.165) is 18.4 Å². The molecule has 0 bridgehead atoms. The molecule has 2 nitrogen and oxygen atoms in total. The number of rotatable bonds is 3. The first kappa shape index (κ1) is 10.9. The van der Waals surface area contributed by atoms with E-state index in [1.807, 2.05) is 0 Å². The number of phenolic OH excluding ortho intramolecular Hbond substituents is 2. The fourth-order valence-corrected chi connectivity index (χ4v) is 1.39. The van der Waals surface area contributed by atoms with Crippen LogP contribution in [-0.2, 0) is 6.42 Å². The standard InChI is InChI=1S/C12H18O2/c1-8(2)4-5-10-6-7-11(13)9(3)12(10)14/h6-8,13-14H,4-5H2,1-3H3. The number of benzene rings is 1. The van der Waals surface area contributed by atoms with Gasteiger partial charge in [-0.25, -0.2) is 0 Å². The van der Waals surface area contributed by atoms with Gasteiger partial charge in [0, 0.05) is 5.56 Å². The molecule has 1 aromatic carbocycles. The minimum atomic E-state index is 0.163. The molecule has 0 radical (unpaired) electrons. The van der Waals surface area contributed by atoms with Gasteiger partial charge in [-0.3, -0.25) is 0 Å². The molecule has 0 saturated heterocycles. The van der Waals surface area contributed by atoms with Gasteiger partial charge < -0.3 is 10.2 Å². The van der Waals surface area contributed by atoms with Crippen LogP contribution >= 0.6 is 0 Å². The van der Waals surface area contributed by atoms with Crippen LogP contribution in [0.1, 0.15) is 31.4 Å². The van der Waals surface area contributed by atoms with Crippen molar-refractivity contribution in [3.8, 4) is 11.5 Å². The minimum absolute atomic E-state index is 0.163. The second-order valence-electron chi connectivity index (χ2n) is 4.15. The zero-order valence-corrected chi connectivity index (χ0v) is 9.04. The highest BCUT2D eigenvalue weighted by atomic mass is 16.3. The predicted molar refractivity (Wildman–Crippen MR) is 57.7 cm³/mol. The number of phenols is 2. The molecule has 1 aromatic rings. The number of hydrogen-bond donors (Lipinski definition) is 2. The summed E-state index contributed by atoms with van der Waals surface area (Å²) in [5.41, 5.74) is 1.50. The van der Waals surface area contributed by atoms with Crippen molar-refractivity contribution in [2.75, 3.05) is 0 Å². The zero-order valence-electron chi connectivity index (χ0n) is 9.04. The van der Waals surface area contributed by atoms with Gasteiger partial charge in [-0.2, -0.15) is 0 Å². The molecular weight excluding hydrogens is 176 g/mol. The molecule has 1 rings (SSSR count). The molecule has 0 amide bonds. The maximum Gasteiger partial charge on any atom is 0.125 e. The van der Waals surface area contributed by atoms with Gasteiger partial charge in [0.05, 0.1) is 0 Å². The molecule has 0 atom stereocenters. The first-order valence-electron chi connectivity index (χ1n) is 5.02. The summed E-state index contributed by atoms with van der Waals surface area (Å²) in [6, 6.07) is 3.44. The summed E-state index contributed by atoms with van der Waals surface area (Å²) in [6.07, 6.45) is 1.92. The van der Waals surface area contributed by atoms with Crippen molar-refractivity contribution in [3.05, 3.63) is 23.3 Å². The molecule has 0 spiro atoms.